The predicted molar refractivity (Wildman–Crippen MR) is 119 cm³/mol. The largest absolute Gasteiger partial charge is 0.204 e. The molecule has 2 aliphatic rings. The fourth-order valence-corrected chi connectivity index (χ4v) is 5.85. The van der Waals surface area contributed by atoms with Crippen LogP contribution in [0.15, 0.2) is 30.1 Å². The summed E-state index contributed by atoms with van der Waals surface area (Å²) in [6.07, 6.45) is 18.0. The molecule has 0 heterocycles. The molecule has 1 aromatic rings. The highest BCUT2D eigenvalue weighted by atomic mass is 19.2. The minimum atomic E-state index is -0.767. The summed E-state index contributed by atoms with van der Waals surface area (Å²) in [5, 5.41) is 8.48. The monoisotopic (exact) mass is 431 g/mol. The van der Waals surface area contributed by atoms with E-state index in [0.717, 1.165) is 42.6 Å². The van der Waals surface area contributed by atoms with Gasteiger partial charge in [0.15, 0.2) is 17.5 Å². The van der Waals surface area contributed by atoms with Crippen LogP contribution in [-0.4, -0.2) is 0 Å². The number of nitrogens with zero attached hydrogens (tertiary/aromatic N) is 1. The highest BCUT2D eigenvalue weighted by molar-refractivity contribution is 5.17. The third-order valence-corrected chi connectivity index (χ3v) is 7.77. The number of aryl methyl sites for hydroxylation is 1. The van der Waals surface area contributed by atoms with Crippen LogP contribution in [0.3, 0.4) is 0 Å². The van der Waals surface area contributed by atoms with Crippen molar-refractivity contribution in [2.45, 2.75) is 89.9 Å². The lowest BCUT2D eigenvalue weighted by Gasteiger charge is -2.38. The van der Waals surface area contributed by atoms with Gasteiger partial charge < -0.3 is 0 Å². The molecular weight excluding hydrogens is 395 g/mol. The van der Waals surface area contributed by atoms with Gasteiger partial charge in [0.05, 0.1) is 0 Å². The molecule has 0 atom stereocenters. The molecule has 170 valence electrons. The normalized spacial score (nSPS) is 27.1. The lowest BCUT2D eigenvalue weighted by molar-refractivity contribution is 0.140. The van der Waals surface area contributed by atoms with E-state index in [0.29, 0.717) is 12.3 Å². The van der Waals surface area contributed by atoms with Crippen LogP contribution in [0.25, 0.3) is 0 Å². The zero-order valence-electron chi connectivity index (χ0n) is 18.6. The van der Waals surface area contributed by atoms with E-state index < -0.39 is 17.5 Å². The third-order valence-electron chi connectivity index (χ3n) is 7.77. The summed E-state index contributed by atoms with van der Waals surface area (Å²) in [7, 11) is 0. The van der Waals surface area contributed by atoms with Crippen LogP contribution in [0.5, 0.6) is 0 Å². The molecule has 0 amide bonds. The molecule has 0 radical (unpaired) electrons. The molecular formula is C27H36F3N. The molecule has 2 fully saturated rings. The number of hydrogen-bond donors (Lipinski definition) is 0. The first kappa shape index (κ1) is 23.9. The Morgan fingerprint density at radius 1 is 0.871 bits per heavy atom. The Kier molecular flexibility index (Phi) is 9.50. The Morgan fingerprint density at radius 2 is 1.48 bits per heavy atom. The maximum atomic E-state index is 13.3. The van der Waals surface area contributed by atoms with Crippen molar-refractivity contribution >= 4 is 0 Å². The van der Waals surface area contributed by atoms with E-state index >= 15 is 0 Å². The Balaban J connectivity index is 1.27. The highest BCUT2D eigenvalue weighted by Gasteiger charge is 2.30. The van der Waals surface area contributed by atoms with Crippen LogP contribution in [0.2, 0.25) is 0 Å². The highest BCUT2D eigenvalue weighted by Crippen LogP contribution is 2.43. The number of benzene rings is 1. The number of nitriles is 1. The van der Waals surface area contributed by atoms with Gasteiger partial charge in [-0.1, -0.05) is 44.6 Å². The summed E-state index contributed by atoms with van der Waals surface area (Å²) in [6.45, 7) is 0. The Bertz CT molecular complexity index is 750. The summed E-state index contributed by atoms with van der Waals surface area (Å²) in [6, 6.07) is 5.80. The van der Waals surface area contributed by atoms with Gasteiger partial charge in [0.1, 0.15) is 6.07 Å². The van der Waals surface area contributed by atoms with Crippen LogP contribution >= 0.6 is 0 Å². The molecule has 0 N–H and O–H groups in total. The van der Waals surface area contributed by atoms with Gasteiger partial charge >= 0.3 is 0 Å². The lowest BCUT2D eigenvalue weighted by atomic mass is 9.68. The molecule has 0 aliphatic heterocycles. The van der Waals surface area contributed by atoms with Gasteiger partial charge in [-0.15, -0.1) is 0 Å². The summed E-state index contributed by atoms with van der Waals surface area (Å²) < 4.78 is 39.2. The van der Waals surface area contributed by atoms with Gasteiger partial charge in [-0.3, -0.25) is 0 Å². The molecule has 0 saturated heterocycles. The molecule has 4 heteroatoms. The van der Waals surface area contributed by atoms with Gasteiger partial charge in [0.25, 0.3) is 0 Å². The second-order valence-electron chi connectivity index (χ2n) is 9.80. The zero-order valence-corrected chi connectivity index (χ0v) is 18.6. The Hall–Kier alpha value is -1.76. The van der Waals surface area contributed by atoms with Crippen LogP contribution < -0.4 is 0 Å². The van der Waals surface area contributed by atoms with Gasteiger partial charge in [-0.2, -0.15) is 9.65 Å². The number of allylic oxidation sites excluding steroid dienone is 2. The minimum Gasteiger partial charge on any atom is -0.204 e. The maximum absolute atomic E-state index is 13.3. The van der Waals surface area contributed by atoms with Gasteiger partial charge in [0.2, 0.25) is 0 Å². The van der Waals surface area contributed by atoms with Crippen molar-refractivity contribution in [2.24, 2.45) is 23.7 Å². The average Bonchev–Trinajstić information content (AvgIpc) is 2.80. The fraction of sp³-hybridized carbons (Fsp3) is 0.667. The van der Waals surface area contributed by atoms with Crippen molar-refractivity contribution in [2.75, 3.05) is 0 Å². The minimum absolute atomic E-state index is 0.644. The predicted octanol–water partition coefficient (Wildman–Crippen LogP) is 8.45. The number of hydrogen-bond acceptors (Lipinski definition) is 1. The van der Waals surface area contributed by atoms with E-state index in [1.165, 1.54) is 82.4 Å². The smallest absolute Gasteiger partial charge is 0.196 e. The summed E-state index contributed by atoms with van der Waals surface area (Å²) in [5.74, 6) is 1.14. The zero-order chi connectivity index (χ0) is 22.1. The second-order valence-corrected chi connectivity index (χ2v) is 9.80. The SMILES string of the molecule is N#C/C(F)=C/CCC1CCC(C2CCC(CCCCc3ccc(F)c(F)c3)CC2)CC1. The molecule has 3 rings (SSSR count). The molecule has 0 unspecified atom stereocenters. The molecule has 2 aliphatic carbocycles. The van der Waals surface area contributed by atoms with Crippen molar-refractivity contribution < 1.29 is 13.2 Å². The molecule has 31 heavy (non-hydrogen) atoms. The van der Waals surface area contributed by atoms with E-state index in [1.54, 1.807) is 12.1 Å². The molecule has 2 saturated carbocycles. The van der Waals surface area contributed by atoms with E-state index in [-0.39, 0.29) is 0 Å². The Labute approximate surface area is 185 Å². The van der Waals surface area contributed by atoms with Crippen LogP contribution in [-0.2, 0) is 6.42 Å². The van der Waals surface area contributed by atoms with Crippen molar-refractivity contribution in [3.8, 4) is 6.07 Å². The summed E-state index contributed by atoms with van der Waals surface area (Å²) in [5.41, 5.74) is 0.893. The number of rotatable bonds is 9. The van der Waals surface area contributed by atoms with Crippen molar-refractivity contribution in [3.05, 3.63) is 47.3 Å². The molecule has 1 aromatic carbocycles. The van der Waals surface area contributed by atoms with Crippen molar-refractivity contribution in [3.63, 3.8) is 0 Å². The van der Waals surface area contributed by atoms with Crippen LogP contribution in [0.1, 0.15) is 89.0 Å². The Morgan fingerprint density at radius 3 is 2.06 bits per heavy atom. The first-order valence-corrected chi connectivity index (χ1v) is 12.2. The standard InChI is InChI=1S/C27H36F3N/c28-25(19-31)7-3-6-21-10-15-24(16-11-21)23-13-8-20(9-14-23)4-1-2-5-22-12-17-26(29)27(30)18-22/h7,12,17-18,20-21,23-24H,1-6,8-11,13-16H2/b25-7-. The van der Waals surface area contributed by atoms with E-state index in [1.807, 2.05) is 0 Å². The van der Waals surface area contributed by atoms with Crippen LogP contribution in [0.4, 0.5) is 13.2 Å². The summed E-state index contributed by atoms with van der Waals surface area (Å²) in [4.78, 5) is 0. The summed E-state index contributed by atoms with van der Waals surface area (Å²) >= 11 is 0. The first-order valence-electron chi connectivity index (χ1n) is 12.2. The van der Waals surface area contributed by atoms with Crippen molar-refractivity contribution in [1.82, 2.24) is 0 Å². The fourth-order valence-electron chi connectivity index (χ4n) is 5.85. The van der Waals surface area contributed by atoms with Gasteiger partial charge in [-0.25, -0.2) is 8.78 Å². The first-order chi connectivity index (χ1) is 15.0. The lowest BCUT2D eigenvalue weighted by Crippen LogP contribution is -2.25. The second kappa shape index (κ2) is 12.3. The average molecular weight is 432 g/mol. The maximum Gasteiger partial charge on any atom is 0.196 e. The van der Waals surface area contributed by atoms with Gasteiger partial charge in [-0.05, 0) is 98.8 Å². The third kappa shape index (κ3) is 7.70. The number of halogens is 3. The van der Waals surface area contributed by atoms with E-state index in [2.05, 4.69) is 0 Å². The van der Waals surface area contributed by atoms with Crippen LogP contribution in [0, 0.1) is 46.6 Å². The van der Waals surface area contributed by atoms with Gasteiger partial charge in [0, 0.05) is 0 Å². The van der Waals surface area contributed by atoms with E-state index in [4.69, 9.17) is 5.26 Å². The quantitative estimate of drug-likeness (QED) is 0.284. The molecule has 0 bridgehead atoms. The van der Waals surface area contributed by atoms with E-state index in [9.17, 15) is 13.2 Å². The topological polar surface area (TPSA) is 23.8 Å². The molecule has 0 aromatic heterocycles. The number of unbranched alkanes of at least 4 members (excludes halogenated alkanes) is 1. The van der Waals surface area contributed by atoms with Crippen molar-refractivity contribution in [1.29, 1.82) is 5.26 Å². The molecule has 0 spiro atoms. The molecule has 1 nitrogen and oxygen atoms in total.